The van der Waals surface area contributed by atoms with Crippen molar-refractivity contribution in [3.63, 3.8) is 0 Å². The Balaban J connectivity index is 0.00000112. The Bertz CT molecular complexity index is 480. The van der Waals surface area contributed by atoms with E-state index in [1.54, 1.807) is 0 Å². The van der Waals surface area contributed by atoms with Gasteiger partial charge in [-0.05, 0) is 16.3 Å². The van der Waals surface area contributed by atoms with E-state index in [1.807, 2.05) is 42.5 Å². The number of benzene rings is 2. The summed E-state index contributed by atoms with van der Waals surface area (Å²) >= 11 is 0. The molecule has 0 unspecified atom stereocenters. The summed E-state index contributed by atoms with van der Waals surface area (Å²) in [4.78, 5) is 10.5. The Morgan fingerprint density at radius 3 is 2.40 bits per heavy atom. The van der Waals surface area contributed by atoms with Gasteiger partial charge in [0.2, 0.25) is 0 Å². The second-order valence-corrected chi connectivity index (χ2v) is 3.25. The molecule has 2 nitrogen and oxygen atoms in total. The van der Waals surface area contributed by atoms with Gasteiger partial charge in [0, 0.05) is 0 Å². The van der Waals surface area contributed by atoms with Gasteiger partial charge in [-0.2, -0.15) is 0 Å². The highest BCUT2D eigenvalue weighted by Crippen LogP contribution is 2.15. The molecule has 0 aliphatic carbocycles. The topological polar surface area (TPSA) is 37.3 Å². The van der Waals surface area contributed by atoms with Gasteiger partial charge in [-0.25, -0.2) is 0 Å². The maximum absolute atomic E-state index is 10.5. The summed E-state index contributed by atoms with van der Waals surface area (Å²) in [5.41, 5.74) is 0.844. The van der Waals surface area contributed by atoms with Crippen molar-refractivity contribution in [1.29, 1.82) is 0 Å². The SMILES string of the molecule is Cl.O=C(O)Cc1ccc2ccccc2c1. The van der Waals surface area contributed by atoms with Crippen LogP contribution in [0.25, 0.3) is 10.8 Å². The highest BCUT2D eigenvalue weighted by atomic mass is 35.5. The Morgan fingerprint density at radius 1 is 1.07 bits per heavy atom. The lowest BCUT2D eigenvalue weighted by Crippen LogP contribution is -1.99. The van der Waals surface area contributed by atoms with Crippen LogP contribution in [-0.4, -0.2) is 11.1 Å². The average Bonchev–Trinajstić information content (AvgIpc) is 2.17. The van der Waals surface area contributed by atoms with E-state index in [1.165, 1.54) is 0 Å². The van der Waals surface area contributed by atoms with Crippen molar-refractivity contribution in [2.45, 2.75) is 6.42 Å². The van der Waals surface area contributed by atoms with Crippen molar-refractivity contribution in [1.82, 2.24) is 0 Å². The Kier molecular flexibility index (Phi) is 3.69. The number of carbonyl (C=O) groups is 1. The number of hydrogen-bond acceptors (Lipinski definition) is 1. The van der Waals surface area contributed by atoms with Crippen LogP contribution >= 0.6 is 12.4 Å². The largest absolute Gasteiger partial charge is 0.481 e. The molecule has 0 spiro atoms. The number of aliphatic carboxylic acids is 1. The van der Waals surface area contributed by atoms with Crippen molar-refractivity contribution in [3.8, 4) is 0 Å². The third kappa shape index (κ3) is 2.70. The lowest BCUT2D eigenvalue weighted by atomic mass is 10.1. The zero-order valence-electron chi connectivity index (χ0n) is 8.01. The molecule has 0 heterocycles. The molecule has 2 rings (SSSR count). The van der Waals surface area contributed by atoms with Gasteiger partial charge in [-0.1, -0.05) is 42.5 Å². The first kappa shape index (κ1) is 11.5. The van der Waals surface area contributed by atoms with Gasteiger partial charge in [-0.15, -0.1) is 12.4 Å². The van der Waals surface area contributed by atoms with E-state index in [0.29, 0.717) is 0 Å². The van der Waals surface area contributed by atoms with Crippen LogP contribution < -0.4 is 0 Å². The smallest absolute Gasteiger partial charge is 0.307 e. The summed E-state index contributed by atoms with van der Waals surface area (Å²) < 4.78 is 0. The summed E-state index contributed by atoms with van der Waals surface area (Å²) in [5, 5.41) is 10.9. The standard InChI is InChI=1S/C12H10O2.ClH/c13-12(14)8-9-5-6-10-3-1-2-4-11(10)7-9;/h1-7H,8H2,(H,13,14);1H. The third-order valence-electron chi connectivity index (χ3n) is 2.17. The highest BCUT2D eigenvalue weighted by Gasteiger charge is 2.00. The Morgan fingerprint density at radius 2 is 1.73 bits per heavy atom. The van der Waals surface area contributed by atoms with Crippen LogP contribution in [0.15, 0.2) is 42.5 Å². The van der Waals surface area contributed by atoms with E-state index in [0.717, 1.165) is 16.3 Å². The van der Waals surface area contributed by atoms with Crippen molar-refractivity contribution >= 4 is 29.1 Å². The predicted molar refractivity (Wildman–Crippen MR) is 62.5 cm³/mol. The molecule has 0 aromatic heterocycles. The molecule has 0 aliphatic heterocycles. The normalized spacial score (nSPS) is 9.60. The minimum absolute atomic E-state index is 0. The molecular formula is C12H11ClO2. The molecule has 3 heteroatoms. The van der Waals surface area contributed by atoms with Crippen molar-refractivity contribution in [3.05, 3.63) is 48.0 Å². The molecule has 78 valence electrons. The Hall–Kier alpha value is -1.54. The summed E-state index contributed by atoms with van der Waals surface area (Å²) in [6.07, 6.45) is 0.0881. The lowest BCUT2D eigenvalue weighted by Gasteiger charge is -2.00. The lowest BCUT2D eigenvalue weighted by molar-refractivity contribution is -0.136. The molecule has 15 heavy (non-hydrogen) atoms. The monoisotopic (exact) mass is 222 g/mol. The zero-order valence-corrected chi connectivity index (χ0v) is 8.83. The van der Waals surface area contributed by atoms with E-state index in [-0.39, 0.29) is 18.8 Å². The number of carboxylic acids is 1. The fraction of sp³-hybridized carbons (Fsp3) is 0.0833. The first-order valence-corrected chi connectivity index (χ1v) is 4.45. The first-order valence-electron chi connectivity index (χ1n) is 4.45. The second-order valence-electron chi connectivity index (χ2n) is 3.25. The van der Waals surface area contributed by atoms with Crippen molar-refractivity contribution in [2.75, 3.05) is 0 Å². The quantitative estimate of drug-likeness (QED) is 0.849. The average molecular weight is 223 g/mol. The van der Waals surface area contributed by atoms with Crippen LogP contribution in [-0.2, 0) is 11.2 Å². The summed E-state index contributed by atoms with van der Waals surface area (Å²) in [7, 11) is 0. The minimum Gasteiger partial charge on any atom is -0.481 e. The third-order valence-corrected chi connectivity index (χ3v) is 2.17. The van der Waals surface area contributed by atoms with Crippen LogP contribution in [0.3, 0.4) is 0 Å². The zero-order chi connectivity index (χ0) is 9.97. The molecule has 0 radical (unpaired) electrons. The molecule has 0 amide bonds. The number of hydrogen-bond donors (Lipinski definition) is 1. The van der Waals surface area contributed by atoms with E-state index in [2.05, 4.69) is 0 Å². The van der Waals surface area contributed by atoms with Crippen LogP contribution in [0.1, 0.15) is 5.56 Å². The number of fused-ring (bicyclic) bond motifs is 1. The van der Waals surface area contributed by atoms with Crippen LogP contribution in [0.2, 0.25) is 0 Å². The van der Waals surface area contributed by atoms with Crippen molar-refractivity contribution < 1.29 is 9.90 Å². The molecule has 0 atom stereocenters. The summed E-state index contributed by atoms with van der Waals surface area (Å²) in [5.74, 6) is -0.791. The van der Waals surface area contributed by atoms with Gasteiger partial charge >= 0.3 is 5.97 Å². The molecule has 0 aliphatic rings. The number of carboxylic acid groups (broad SMARTS) is 1. The van der Waals surface area contributed by atoms with Gasteiger partial charge in [0.1, 0.15) is 0 Å². The minimum atomic E-state index is -0.791. The van der Waals surface area contributed by atoms with Gasteiger partial charge in [0.05, 0.1) is 6.42 Å². The van der Waals surface area contributed by atoms with E-state index in [4.69, 9.17) is 5.11 Å². The van der Waals surface area contributed by atoms with Gasteiger partial charge in [0.25, 0.3) is 0 Å². The first-order chi connectivity index (χ1) is 6.75. The second kappa shape index (κ2) is 4.80. The number of halogens is 1. The Labute approximate surface area is 94.0 Å². The molecule has 2 aromatic rings. The molecular weight excluding hydrogens is 212 g/mol. The van der Waals surface area contributed by atoms with E-state index >= 15 is 0 Å². The predicted octanol–water partition coefficient (Wildman–Crippen LogP) is 2.89. The molecule has 0 fully saturated rings. The fourth-order valence-electron chi connectivity index (χ4n) is 1.52. The maximum atomic E-state index is 10.5. The summed E-state index contributed by atoms with van der Waals surface area (Å²) in [6, 6.07) is 13.7. The maximum Gasteiger partial charge on any atom is 0.307 e. The van der Waals surface area contributed by atoms with Crippen LogP contribution in [0.4, 0.5) is 0 Å². The van der Waals surface area contributed by atoms with E-state index < -0.39 is 5.97 Å². The summed E-state index contributed by atoms with van der Waals surface area (Å²) in [6.45, 7) is 0. The molecule has 1 N–H and O–H groups in total. The fourth-order valence-corrected chi connectivity index (χ4v) is 1.52. The van der Waals surface area contributed by atoms with Crippen LogP contribution in [0, 0.1) is 0 Å². The van der Waals surface area contributed by atoms with E-state index in [9.17, 15) is 4.79 Å². The molecule has 2 aromatic carbocycles. The molecule has 0 saturated heterocycles. The van der Waals surface area contributed by atoms with Gasteiger partial charge < -0.3 is 5.11 Å². The number of rotatable bonds is 2. The van der Waals surface area contributed by atoms with Gasteiger partial charge in [-0.3, -0.25) is 4.79 Å². The van der Waals surface area contributed by atoms with Crippen molar-refractivity contribution in [2.24, 2.45) is 0 Å². The van der Waals surface area contributed by atoms with Crippen LogP contribution in [0.5, 0.6) is 0 Å². The highest BCUT2D eigenvalue weighted by molar-refractivity contribution is 5.85. The molecule has 0 bridgehead atoms. The molecule has 0 saturated carbocycles. The van der Waals surface area contributed by atoms with Gasteiger partial charge in [0.15, 0.2) is 0 Å².